The molecule has 0 saturated carbocycles. The Bertz CT molecular complexity index is 128. The second-order valence-corrected chi connectivity index (χ2v) is 4.29. The monoisotopic (exact) mass is 203 g/mol. The molecule has 0 unspecified atom stereocenters. The highest BCUT2D eigenvalue weighted by atomic mass is 32.2. The maximum atomic E-state index is 11.0. The van der Waals surface area contributed by atoms with Crippen LogP contribution < -0.4 is 5.32 Å². The lowest BCUT2D eigenvalue weighted by Crippen LogP contribution is -2.25. The van der Waals surface area contributed by atoms with Crippen LogP contribution >= 0.6 is 11.8 Å². The Hall–Kier alpha value is -0.180. The van der Waals surface area contributed by atoms with Gasteiger partial charge in [0.05, 0.1) is 0 Å². The highest BCUT2D eigenvalue weighted by Crippen LogP contribution is 2.02. The van der Waals surface area contributed by atoms with Gasteiger partial charge < -0.3 is 5.32 Å². The van der Waals surface area contributed by atoms with E-state index in [9.17, 15) is 4.79 Å². The van der Waals surface area contributed by atoms with Gasteiger partial charge in [-0.1, -0.05) is 20.3 Å². The Morgan fingerprint density at radius 1 is 1.23 bits per heavy atom. The van der Waals surface area contributed by atoms with Crippen LogP contribution in [0.5, 0.6) is 0 Å². The minimum atomic E-state index is 0.193. The van der Waals surface area contributed by atoms with Crippen LogP contribution in [-0.4, -0.2) is 24.0 Å². The number of carbonyl (C=O) groups is 1. The van der Waals surface area contributed by atoms with E-state index in [0.717, 1.165) is 18.7 Å². The third-order valence-electron chi connectivity index (χ3n) is 1.69. The molecule has 3 heteroatoms. The lowest BCUT2D eigenvalue weighted by molar-refractivity contribution is -0.120. The van der Waals surface area contributed by atoms with Crippen molar-refractivity contribution in [3.8, 4) is 0 Å². The molecule has 1 N–H and O–H groups in total. The van der Waals surface area contributed by atoms with Crippen molar-refractivity contribution in [3.05, 3.63) is 0 Å². The molecule has 0 aliphatic heterocycles. The molecule has 2 nitrogen and oxygen atoms in total. The fourth-order valence-electron chi connectivity index (χ4n) is 0.927. The van der Waals surface area contributed by atoms with E-state index in [4.69, 9.17) is 0 Å². The van der Waals surface area contributed by atoms with Crippen LogP contribution in [0.1, 0.15) is 39.5 Å². The molecule has 0 aromatic rings. The molecule has 0 aliphatic carbocycles. The SMILES string of the molecule is CCCCSCCNC(=O)CCC. The largest absolute Gasteiger partial charge is 0.355 e. The molecule has 0 spiro atoms. The van der Waals surface area contributed by atoms with Gasteiger partial charge in [0.1, 0.15) is 0 Å². The molecule has 0 bridgehead atoms. The highest BCUT2D eigenvalue weighted by Gasteiger charge is 1.96. The first kappa shape index (κ1) is 12.8. The van der Waals surface area contributed by atoms with E-state index in [1.54, 1.807) is 0 Å². The van der Waals surface area contributed by atoms with Crippen molar-refractivity contribution in [2.45, 2.75) is 39.5 Å². The number of carbonyl (C=O) groups excluding carboxylic acids is 1. The second-order valence-electron chi connectivity index (χ2n) is 3.07. The van der Waals surface area contributed by atoms with Crippen LogP contribution in [0.15, 0.2) is 0 Å². The van der Waals surface area contributed by atoms with Crippen LogP contribution in [0.4, 0.5) is 0 Å². The molecule has 1 amide bonds. The van der Waals surface area contributed by atoms with Crippen LogP contribution in [-0.2, 0) is 4.79 Å². The van der Waals surface area contributed by atoms with Gasteiger partial charge in [0.25, 0.3) is 0 Å². The van der Waals surface area contributed by atoms with Gasteiger partial charge in [0.2, 0.25) is 5.91 Å². The van der Waals surface area contributed by atoms with Gasteiger partial charge in [-0.15, -0.1) is 0 Å². The van der Waals surface area contributed by atoms with Gasteiger partial charge in [-0.05, 0) is 18.6 Å². The van der Waals surface area contributed by atoms with Crippen LogP contribution in [0.3, 0.4) is 0 Å². The van der Waals surface area contributed by atoms with Gasteiger partial charge in [0, 0.05) is 18.7 Å². The Kier molecular flexibility index (Phi) is 9.77. The third kappa shape index (κ3) is 9.74. The summed E-state index contributed by atoms with van der Waals surface area (Å²) in [6.07, 6.45) is 4.15. The quantitative estimate of drug-likeness (QED) is 0.614. The second kappa shape index (κ2) is 9.90. The smallest absolute Gasteiger partial charge is 0.220 e. The van der Waals surface area contributed by atoms with E-state index in [-0.39, 0.29) is 5.91 Å². The number of nitrogens with one attached hydrogen (secondary N) is 1. The summed E-state index contributed by atoms with van der Waals surface area (Å²) in [5.41, 5.74) is 0. The van der Waals surface area contributed by atoms with Crippen molar-refractivity contribution in [1.82, 2.24) is 5.32 Å². The van der Waals surface area contributed by atoms with E-state index in [1.807, 2.05) is 18.7 Å². The van der Waals surface area contributed by atoms with E-state index in [2.05, 4.69) is 12.2 Å². The molecule has 0 aliphatic rings. The lowest BCUT2D eigenvalue weighted by Gasteiger charge is -2.03. The summed E-state index contributed by atoms with van der Waals surface area (Å²) in [7, 11) is 0. The Morgan fingerprint density at radius 2 is 2.00 bits per heavy atom. The minimum Gasteiger partial charge on any atom is -0.355 e. The Balaban J connectivity index is 3.02. The van der Waals surface area contributed by atoms with E-state index in [1.165, 1.54) is 18.6 Å². The van der Waals surface area contributed by atoms with Crippen molar-refractivity contribution in [2.75, 3.05) is 18.1 Å². The molecule has 13 heavy (non-hydrogen) atoms. The molecule has 0 fully saturated rings. The molecular formula is C10H21NOS. The Morgan fingerprint density at radius 3 is 2.62 bits per heavy atom. The number of rotatable bonds is 8. The zero-order valence-corrected chi connectivity index (χ0v) is 9.58. The summed E-state index contributed by atoms with van der Waals surface area (Å²) in [4.78, 5) is 11.0. The summed E-state index contributed by atoms with van der Waals surface area (Å²) in [6, 6.07) is 0. The van der Waals surface area contributed by atoms with Crippen LogP contribution in [0.2, 0.25) is 0 Å². The predicted molar refractivity (Wildman–Crippen MR) is 60.2 cm³/mol. The van der Waals surface area contributed by atoms with Crippen molar-refractivity contribution in [2.24, 2.45) is 0 Å². The maximum absolute atomic E-state index is 11.0. The van der Waals surface area contributed by atoms with Gasteiger partial charge >= 0.3 is 0 Å². The van der Waals surface area contributed by atoms with E-state index >= 15 is 0 Å². The zero-order valence-electron chi connectivity index (χ0n) is 8.77. The molecule has 0 aromatic heterocycles. The first-order chi connectivity index (χ1) is 6.31. The summed E-state index contributed by atoms with van der Waals surface area (Å²) in [6.45, 7) is 5.05. The van der Waals surface area contributed by atoms with Crippen molar-refractivity contribution in [1.29, 1.82) is 0 Å². The molecule has 0 saturated heterocycles. The van der Waals surface area contributed by atoms with Crippen molar-refractivity contribution >= 4 is 17.7 Å². The number of amides is 1. The standard InChI is InChI=1S/C10H21NOS/c1-3-5-8-13-9-7-11-10(12)6-4-2/h3-9H2,1-2H3,(H,11,12). The van der Waals surface area contributed by atoms with Crippen molar-refractivity contribution in [3.63, 3.8) is 0 Å². The molecule has 0 heterocycles. The lowest BCUT2D eigenvalue weighted by atomic mass is 10.3. The van der Waals surface area contributed by atoms with Crippen molar-refractivity contribution < 1.29 is 4.79 Å². The van der Waals surface area contributed by atoms with Gasteiger partial charge in [-0.2, -0.15) is 11.8 Å². The normalized spacial score (nSPS) is 10.0. The summed E-state index contributed by atoms with van der Waals surface area (Å²) in [5.74, 6) is 2.47. The number of hydrogen-bond donors (Lipinski definition) is 1. The number of unbranched alkanes of at least 4 members (excludes halogenated alkanes) is 1. The van der Waals surface area contributed by atoms with Crippen LogP contribution in [0.25, 0.3) is 0 Å². The number of hydrogen-bond acceptors (Lipinski definition) is 2. The maximum Gasteiger partial charge on any atom is 0.220 e. The third-order valence-corrected chi connectivity index (χ3v) is 2.76. The fourth-order valence-corrected chi connectivity index (χ4v) is 1.87. The Labute approximate surface area is 85.9 Å². The van der Waals surface area contributed by atoms with Crippen LogP contribution in [0, 0.1) is 0 Å². The first-order valence-electron chi connectivity index (χ1n) is 5.15. The molecule has 78 valence electrons. The fraction of sp³-hybridized carbons (Fsp3) is 0.900. The molecule has 0 rings (SSSR count). The summed E-state index contributed by atoms with van der Waals surface area (Å²) in [5, 5.41) is 2.90. The summed E-state index contributed by atoms with van der Waals surface area (Å²) >= 11 is 1.92. The minimum absolute atomic E-state index is 0.193. The first-order valence-corrected chi connectivity index (χ1v) is 6.31. The van der Waals surface area contributed by atoms with E-state index in [0.29, 0.717) is 6.42 Å². The van der Waals surface area contributed by atoms with Gasteiger partial charge in [-0.3, -0.25) is 4.79 Å². The summed E-state index contributed by atoms with van der Waals surface area (Å²) < 4.78 is 0. The average Bonchev–Trinajstić information content (AvgIpc) is 2.11. The molecule has 0 atom stereocenters. The topological polar surface area (TPSA) is 29.1 Å². The zero-order chi connectivity index (χ0) is 9.94. The predicted octanol–water partition coefficient (Wildman–Crippen LogP) is 2.44. The van der Waals surface area contributed by atoms with Gasteiger partial charge in [0.15, 0.2) is 0 Å². The average molecular weight is 203 g/mol. The number of thioether (sulfide) groups is 1. The molecular weight excluding hydrogens is 182 g/mol. The molecule has 0 radical (unpaired) electrons. The molecule has 0 aromatic carbocycles. The highest BCUT2D eigenvalue weighted by molar-refractivity contribution is 7.99. The van der Waals surface area contributed by atoms with E-state index < -0.39 is 0 Å². The van der Waals surface area contributed by atoms with Gasteiger partial charge in [-0.25, -0.2) is 0 Å².